The van der Waals surface area contributed by atoms with E-state index in [1.807, 2.05) is 0 Å². The van der Waals surface area contributed by atoms with Gasteiger partial charge in [-0.05, 0) is 24.1 Å². The number of rotatable bonds is 6. The standard InChI is InChI=1S/C15H25N/c1-5-7-13-8-10-14(11-9-13)15(3,4)12-16-6-2/h8-11,16H,5-7,12H2,1-4H3. The van der Waals surface area contributed by atoms with E-state index in [0.717, 1.165) is 13.1 Å². The molecule has 0 saturated carbocycles. The van der Waals surface area contributed by atoms with E-state index in [0.29, 0.717) is 0 Å². The van der Waals surface area contributed by atoms with Gasteiger partial charge in [0.05, 0.1) is 0 Å². The Balaban J connectivity index is 2.71. The summed E-state index contributed by atoms with van der Waals surface area (Å²) in [5.41, 5.74) is 3.10. The van der Waals surface area contributed by atoms with Crippen LogP contribution in [0.15, 0.2) is 24.3 Å². The van der Waals surface area contributed by atoms with Gasteiger partial charge in [-0.1, -0.05) is 58.4 Å². The SMILES string of the molecule is CCCc1ccc(C(C)(C)CNCC)cc1. The van der Waals surface area contributed by atoms with Gasteiger partial charge in [-0.15, -0.1) is 0 Å². The zero-order valence-electron chi connectivity index (χ0n) is 11.1. The molecule has 0 heterocycles. The molecule has 1 rings (SSSR count). The van der Waals surface area contributed by atoms with E-state index < -0.39 is 0 Å². The first-order chi connectivity index (χ1) is 7.60. The maximum atomic E-state index is 3.43. The van der Waals surface area contributed by atoms with Gasteiger partial charge < -0.3 is 5.32 Å². The van der Waals surface area contributed by atoms with Crippen LogP contribution < -0.4 is 5.32 Å². The Morgan fingerprint density at radius 3 is 2.19 bits per heavy atom. The molecule has 0 aliphatic rings. The van der Waals surface area contributed by atoms with Gasteiger partial charge in [0.15, 0.2) is 0 Å². The lowest BCUT2D eigenvalue weighted by Gasteiger charge is -2.25. The number of benzene rings is 1. The molecule has 0 fully saturated rings. The van der Waals surface area contributed by atoms with Crippen LogP contribution >= 0.6 is 0 Å². The second-order valence-corrected chi connectivity index (χ2v) is 5.11. The molecule has 0 unspecified atom stereocenters. The maximum Gasteiger partial charge on any atom is 0.00430 e. The highest BCUT2D eigenvalue weighted by Gasteiger charge is 2.19. The van der Waals surface area contributed by atoms with Crippen LogP contribution in [0.5, 0.6) is 0 Å². The Hall–Kier alpha value is -0.820. The van der Waals surface area contributed by atoms with E-state index in [1.165, 1.54) is 24.0 Å². The first-order valence-corrected chi connectivity index (χ1v) is 6.40. The molecule has 0 saturated heterocycles. The fraction of sp³-hybridized carbons (Fsp3) is 0.600. The smallest absolute Gasteiger partial charge is 0.00430 e. The Labute approximate surface area is 100 Å². The number of hydrogen-bond donors (Lipinski definition) is 1. The van der Waals surface area contributed by atoms with E-state index >= 15 is 0 Å². The normalized spacial score (nSPS) is 11.8. The van der Waals surface area contributed by atoms with Gasteiger partial charge in [0.25, 0.3) is 0 Å². The van der Waals surface area contributed by atoms with Gasteiger partial charge in [0.2, 0.25) is 0 Å². The summed E-state index contributed by atoms with van der Waals surface area (Å²) >= 11 is 0. The van der Waals surface area contributed by atoms with Crippen molar-refractivity contribution in [3.63, 3.8) is 0 Å². The molecule has 1 aromatic carbocycles. The third kappa shape index (κ3) is 3.64. The summed E-state index contributed by atoms with van der Waals surface area (Å²) in [6.45, 7) is 11.0. The zero-order chi connectivity index (χ0) is 12.0. The van der Waals surface area contributed by atoms with Crippen molar-refractivity contribution >= 4 is 0 Å². The minimum Gasteiger partial charge on any atom is -0.316 e. The summed E-state index contributed by atoms with van der Waals surface area (Å²) in [5.74, 6) is 0. The Bertz CT molecular complexity index is 298. The van der Waals surface area contributed by atoms with Gasteiger partial charge >= 0.3 is 0 Å². The summed E-state index contributed by atoms with van der Waals surface area (Å²) < 4.78 is 0. The molecule has 0 bridgehead atoms. The third-order valence-corrected chi connectivity index (χ3v) is 3.09. The molecule has 1 aromatic rings. The molecule has 0 amide bonds. The van der Waals surface area contributed by atoms with Crippen molar-refractivity contribution in [1.29, 1.82) is 0 Å². The third-order valence-electron chi connectivity index (χ3n) is 3.09. The van der Waals surface area contributed by atoms with Crippen molar-refractivity contribution in [3.05, 3.63) is 35.4 Å². The highest BCUT2D eigenvalue weighted by atomic mass is 14.9. The van der Waals surface area contributed by atoms with Crippen LogP contribution in [0.3, 0.4) is 0 Å². The van der Waals surface area contributed by atoms with Crippen molar-refractivity contribution in [2.24, 2.45) is 0 Å². The van der Waals surface area contributed by atoms with E-state index in [1.54, 1.807) is 0 Å². The average molecular weight is 219 g/mol. The van der Waals surface area contributed by atoms with Crippen LogP contribution in [0.1, 0.15) is 45.2 Å². The molecule has 0 aromatic heterocycles. The minimum atomic E-state index is 0.223. The molecular formula is C15H25N. The molecule has 1 nitrogen and oxygen atoms in total. The average Bonchev–Trinajstić information content (AvgIpc) is 2.28. The number of nitrogens with one attached hydrogen (secondary N) is 1. The Morgan fingerprint density at radius 1 is 1.06 bits per heavy atom. The molecule has 90 valence electrons. The predicted molar refractivity (Wildman–Crippen MR) is 72.0 cm³/mol. The second-order valence-electron chi connectivity index (χ2n) is 5.11. The van der Waals surface area contributed by atoms with Gasteiger partial charge in [-0.2, -0.15) is 0 Å². The Morgan fingerprint density at radius 2 is 1.69 bits per heavy atom. The molecule has 16 heavy (non-hydrogen) atoms. The van der Waals surface area contributed by atoms with Gasteiger partial charge in [0, 0.05) is 12.0 Å². The van der Waals surface area contributed by atoms with E-state index in [9.17, 15) is 0 Å². The molecule has 0 spiro atoms. The van der Waals surface area contributed by atoms with Gasteiger partial charge in [-0.3, -0.25) is 0 Å². The highest BCUT2D eigenvalue weighted by molar-refractivity contribution is 5.28. The molecule has 0 atom stereocenters. The van der Waals surface area contributed by atoms with E-state index in [-0.39, 0.29) is 5.41 Å². The van der Waals surface area contributed by atoms with Crippen LogP contribution in [0, 0.1) is 0 Å². The van der Waals surface area contributed by atoms with Crippen molar-refractivity contribution in [2.45, 2.75) is 46.0 Å². The number of likely N-dealkylation sites (N-methyl/N-ethyl adjacent to an activating group) is 1. The highest BCUT2D eigenvalue weighted by Crippen LogP contribution is 2.22. The van der Waals surface area contributed by atoms with Crippen LogP contribution in [0.4, 0.5) is 0 Å². The van der Waals surface area contributed by atoms with Crippen molar-refractivity contribution in [3.8, 4) is 0 Å². The summed E-state index contributed by atoms with van der Waals surface area (Å²) in [5, 5.41) is 3.43. The quantitative estimate of drug-likeness (QED) is 0.772. The van der Waals surface area contributed by atoms with Crippen LogP contribution in [0.2, 0.25) is 0 Å². The van der Waals surface area contributed by atoms with Gasteiger partial charge in [0.1, 0.15) is 0 Å². The van der Waals surface area contributed by atoms with Crippen LogP contribution in [-0.2, 0) is 11.8 Å². The lowest BCUT2D eigenvalue weighted by molar-refractivity contribution is 0.477. The maximum absolute atomic E-state index is 3.43. The summed E-state index contributed by atoms with van der Waals surface area (Å²) in [6, 6.07) is 9.10. The first kappa shape index (κ1) is 13.2. The van der Waals surface area contributed by atoms with Crippen LogP contribution in [-0.4, -0.2) is 13.1 Å². The van der Waals surface area contributed by atoms with Crippen LogP contribution in [0.25, 0.3) is 0 Å². The largest absolute Gasteiger partial charge is 0.316 e. The van der Waals surface area contributed by atoms with Crippen molar-refractivity contribution < 1.29 is 0 Å². The fourth-order valence-electron chi connectivity index (χ4n) is 1.95. The van der Waals surface area contributed by atoms with E-state index in [4.69, 9.17) is 0 Å². The van der Waals surface area contributed by atoms with E-state index in [2.05, 4.69) is 57.3 Å². The predicted octanol–water partition coefficient (Wildman–Crippen LogP) is 3.53. The molecule has 0 aliphatic heterocycles. The lowest BCUT2D eigenvalue weighted by atomic mass is 9.84. The minimum absolute atomic E-state index is 0.223. The molecule has 0 radical (unpaired) electrons. The molecular weight excluding hydrogens is 194 g/mol. The zero-order valence-corrected chi connectivity index (χ0v) is 11.1. The molecule has 0 aliphatic carbocycles. The molecule has 1 heteroatoms. The number of hydrogen-bond acceptors (Lipinski definition) is 1. The van der Waals surface area contributed by atoms with Gasteiger partial charge in [-0.25, -0.2) is 0 Å². The first-order valence-electron chi connectivity index (χ1n) is 6.40. The topological polar surface area (TPSA) is 12.0 Å². The monoisotopic (exact) mass is 219 g/mol. The second kappa shape index (κ2) is 6.05. The molecule has 1 N–H and O–H groups in total. The lowest BCUT2D eigenvalue weighted by Crippen LogP contribution is -2.32. The summed E-state index contributed by atoms with van der Waals surface area (Å²) in [6.07, 6.45) is 2.41. The van der Waals surface area contributed by atoms with Crippen molar-refractivity contribution in [1.82, 2.24) is 5.32 Å². The number of aryl methyl sites for hydroxylation is 1. The Kier molecular flexibility index (Phi) is 5.01. The summed E-state index contributed by atoms with van der Waals surface area (Å²) in [7, 11) is 0. The van der Waals surface area contributed by atoms with Crippen molar-refractivity contribution in [2.75, 3.05) is 13.1 Å². The fourth-order valence-corrected chi connectivity index (χ4v) is 1.95. The summed E-state index contributed by atoms with van der Waals surface area (Å²) in [4.78, 5) is 0.